The molecule has 4 nitrogen and oxygen atoms in total. The molecule has 1 aromatic heterocycles. The van der Waals surface area contributed by atoms with Gasteiger partial charge in [0.2, 0.25) is 0 Å². The molecule has 0 aliphatic heterocycles. The summed E-state index contributed by atoms with van der Waals surface area (Å²) in [6.45, 7) is 7.13. The van der Waals surface area contributed by atoms with Crippen molar-refractivity contribution in [3.05, 3.63) is 26.6 Å². The zero-order valence-corrected chi connectivity index (χ0v) is 12.1. The smallest absolute Gasteiger partial charge is 0.271 e. The third-order valence-corrected chi connectivity index (χ3v) is 4.44. The Labute approximate surface area is 106 Å². The van der Waals surface area contributed by atoms with E-state index < -0.39 is 15.4 Å². The van der Waals surface area contributed by atoms with Crippen LogP contribution in [0.3, 0.4) is 0 Å². The minimum Gasteiger partial charge on any atom is -0.309 e. The molecule has 0 radical (unpaired) electrons. The van der Waals surface area contributed by atoms with Gasteiger partial charge in [0.05, 0.1) is 5.02 Å². The number of rotatable bonds is 2. The quantitative estimate of drug-likeness (QED) is 0.832. The van der Waals surface area contributed by atoms with Crippen LogP contribution in [0.4, 0.5) is 0 Å². The van der Waals surface area contributed by atoms with Crippen LogP contribution in [-0.4, -0.2) is 19.2 Å². The summed E-state index contributed by atoms with van der Waals surface area (Å²) >= 11 is 5.97. The lowest BCUT2D eigenvalue weighted by Crippen LogP contribution is -2.30. The number of sulfone groups is 1. The maximum absolute atomic E-state index is 12.2. The summed E-state index contributed by atoms with van der Waals surface area (Å²) in [6, 6.07) is -0.112. The summed E-state index contributed by atoms with van der Waals surface area (Å²) in [5, 5.41) is 0.0342. The first-order valence-electron chi connectivity index (χ1n) is 5.20. The molecule has 0 aromatic carbocycles. The van der Waals surface area contributed by atoms with Gasteiger partial charge in [-0.15, -0.1) is 0 Å². The summed E-state index contributed by atoms with van der Waals surface area (Å²) in [7, 11) is -3.62. The molecule has 0 aliphatic carbocycles. The largest absolute Gasteiger partial charge is 0.309 e. The van der Waals surface area contributed by atoms with Crippen molar-refractivity contribution < 1.29 is 8.42 Å². The van der Waals surface area contributed by atoms with Gasteiger partial charge in [-0.25, -0.2) is 8.42 Å². The van der Waals surface area contributed by atoms with Gasteiger partial charge >= 0.3 is 0 Å². The van der Waals surface area contributed by atoms with Crippen molar-refractivity contribution in [1.29, 1.82) is 0 Å². The second-order valence-electron chi connectivity index (χ2n) is 4.39. The third kappa shape index (κ3) is 2.40. The molecule has 0 aliphatic rings. The van der Waals surface area contributed by atoms with Crippen LogP contribution in [0.25, 0.3) is 0 Å². The van der Waals surface area contributed by atoms with Crippen LogP contribution in [0.15, 0.2) is 9.69 Å². The van der Waals surface area contributed by atoms with E-state index in [-0.39, 0.29) is 16.0 Å². The lowest BCUT2D eigenvalue weighted by atomic mass is 10.2. The fraction of sp³-hybridized carbons (Fsp3) is 0.545. The van der Waals surface area contributed by atoms with Gasteiger partial charge in [-0.05, 0) is 33.3 Å². The molecule has 0 fully saturated rings. The average Bonchev–Trinajstić information content (AvgIpc) is 2.11. The molecule has 0 spiro atoms. The second kappa shape index (κ2) is 4.46. The van der Waals surface area contributed by atoms with E-state index in [4.69, 9.17) is 11.6 Å². The van der Waals surface area contributed by atoms with Gasteiger partial charge in [0, 0.05) is 18.0 Å². The molecule has 0 bridgehead atoms. The average molecular weight is 278 g/mol. The van der Waals surface area contributed by atoms with Crippen LogP contribution in [0.2, 0.25) is 5.02 Å². The van der Waals surface area contributed by atoms with E-state index in [0.717, 1.165) is 6.26 Å². The van der Waals surface area contributed by atoms with Crippen LogP contribution < -0.4 is 5.56 Å². The van der Waals surface area contributed by atoms with E-state index in [2.05, 4.69) is 0 Å². The van der Waals surface area contributed by atoms with Gasteiger partial charge < -0.3 is 4.57 Å². The minimum atomic E-state index is -3.62. The first-order chi connectivity index (χ1) is 7.59. The first kappa shape index (κ1) is 14.3. The predicted octanol–water partition coefficient (Wildman–Crippen LogP) is 2.10. The van der Waals surface area contributed by atoms with Crippen molar-refractivity contribution >= 4 is 21.4 Å². The molecule has 0 amide bonds. The Hall–Kier alpha value is -0.810. The maximum atomic E-state index is 12.2. The van der Waals surface area contributed by atoms with Crippen LogP contribution in [0.5, 0.6) is 0 Å². The lowest BCUT2D eigenvalue weighted by Gasteiger charge is -2.18. The molecule has 0 N–H and O–H groups in total. The molecule has 1 aromatic rings. The molecule has 17 heavy (non-hydrogen) atoms. The molecular formula is C11H16ClNO3S. The van der Waals surface area contributed by atoms with Crippen molar-refractivity contribution in [2.24, 2.45) is 0 Å². The van der Waals surface area contributed by atoms with E-state index in [1.807, 2.05) is 13.8 Å². The van der Waals surface area contributed by atoms with Crippen molar-refractivity contribution in [1.82, 2.24) is 4.57 Å². The SMILES string of the molecule is Cc1c(Cl)c(S(C)(=O)=O)c(=O)n(C(C)C)c1C. The maximum Gasteiger partial charge on any atom is 0.271 e. The Morgan fingerprint density at radius 2 is 1.71 bits per heavy atom. The fourth-order valence-corrected chi connectivity index (χ4v) is 3.34. The number of hydrogen-bond acceptors (Lipinski definition) is 3. The summed E-state index contributed by atoms with van der Waals surface area (Å²) in [5.41, 5.74) is 0.776. The number of hydrogen-bond donors (Lipinski definition) is 0. The van der Waals surface area contributed by atoms with Gasteiger partial charge in [-0.1, -0.05) is 11.6 Å². The summed E-state index contributed by atoms with van der Waals surface area (Å²) in [5.74, 6) is 0. The van der Waals surface area contributed by atoms with Gasteiger partial charge in [-0.3, -0.25) is 4.79 Å². The molecule has 6 heteroatoms. The highest BCUT2D eigenvalue weighted by Gasteiger charge is 2.24. The molecule has 1 heterocycles. The van der Waals surface area contributed by atoms with E-state index in [9.17, 15) is 13.2 Å². The van der Waals surface area contributed by atoms with Crippen LogP contribution in [0, 0.1) is 13.8 Å². The second-order valence-corrected chi connectivity index (χ2v) is 6.73. The molecule has 0 saturated heterocycles. The number of nitrogens with zero attached hydrogens (tertiary/aromatic N) is 1. The fourth-order valence-electron chi connectivity index (χ4n) is 1.81. The Morgan fingerprint density at radius 1 is 1.24 bits per heavy atom. The number of halogens is 1. The van der Waals surface area contributed by atoms with E-state index >= 15 is 0 Å². The number of pyridine rings is 1. The van der Waals surface area contributed by atoms with Gasteiger partial charge in [-0.2, -0.15) is 0 Å². The highest BCUT2D eigenvalue weighted by Crippen LogP contribution is 2.25. The minimum absolute atomic E-state index is 0.0342. The van der Waals surface area contributed by atoms with Crippen LogP contribution >= 0.6 is 11.6 Å². The highest BCUT2D eigenvalue weighted by atomic mass is 35.5. The Kier molecular flexibility index (Phi) is 3.74. The van der Waals surface area contributed by atoms with Crippen molar-refractivity contribution in [3.63, 3.8) is 0 Å². The standard InChI is InChI=1S/C11H16ClNO3S/c1-6(2)13-8(4)7(3)9(12)10(11(13)14)17(5,15)16/h6H,1-5H3. The summed E-state index contributed by atoms with van der Waals surface area (Å²) in [4.78, 5) is 11.8. The zero-order valence-electron chi connectivity index (χ0n) is 10.5. The highest BCUT2D eigenvalue weighted by molar-refractivity contribution is 7.90. The predicted molar refractivity (Wildman–Crippen MR) is 68.7 cm³/mol. The molecular weight excluding hydrogens is 262 g/mol. The van der Waals surface area contributed by atoms with Crippen molar-refractivity contribution in [3.8, 4) is 0 Å². The van der Waals surface area contributed by atoms with E-state index in [0.29, 0.717) is 11.3 Å². The molecule has 0 saturated carbocycles. The topological polar surface area (TPSA) is 56.1 Å². The van der Waals surface area contributed by atoms with E-state index in [1.54, 1.807) is 13.8 Å². The Bertz CT molecular complexity index is 615. The summed E-state index contributed by atoms with van der Waals surface area (Å²) < 4.78 is 24.7. The monoisotopic (exact) mass is 277 g/mol. The van der Waals surface area contributed by atoms with Crippen molar-refractivity contribution in [2.45, 2.75) is 38.6 Å². The van der Waals surface area contributed by atoms with Gasteiger partial charge in [0.1, 0.15) is 0 Å². The van der Waals surface area contributed by atoms with Gasteiger partial charge in [0.15, 0.2) is 14.7 Å². The van der Waals surface area contributed by atoms with E-state index in [1.165, 1.54) is 4.57 Å². The molecule has 0 unspecified atom stereocenters. The summed E-state index contributed by atoms with van der Waals surface area (Å²) in [6.07, 6.45) is 0.995. The third-order valence-electron chi connectivity index (χ3n) is 2.73. The molecule has 96 valence electrons. The van der Waals surface area contributed by atoms with Crippen LogP contribution in [-0.2, 0) is 9.84 Å². The lowest BCUT2D eigenvalue weighted by molar-refractivity contribution is 0.545. The molecule has 1 rings (SSSR count). The Morgan fingerprint density at radius 3 is 2.06 bits per heavy atom. The Balaban J connectivity index is 3.96. The first-order valence-corrected chi connectivity index (χ1v) is 7.47. The molecule has 0 atom stereocenters. The van der Waals surface area contributed by atoms with Crippen molar-refractivity contribution in [2.75, 3.05) is 6.26 Å². The number of aromatic nitrogens is 1. The van der Waals surface area contributed by atoms with Gasteiger partial charge in [0.25, 0.3) is 5.56 Å². The van der Waals surface area contributed by atoms with Crippen LogP contribution in [0.1, 0.15) is 31.1 Å². The zero-order chi connectivity index (χ0) is 13.5. The normalized spacial score (nSPS) is 12.2.